The van der Waals surface area contributed by atoms with Gasteiger partial charge in [0.05, 0.1) is 20.8 Å². The fourth-order valence-corrected chi connectivity index (χ4v) is 3.87. The Morgan fingerprint density at radius 2 is 1.55 bits per heavy atom. The Morgan fingerprint density at radius 1 is 0.839 bits per heavy atom. The van der Waals surface area contributed by atoms with Crippen LogP contribution in [0.5, 0.6) is 0 Å². The Labute approximate surface area is 197 Å². The van der Waals surface area contributed by atoms with Gasteiger partial charge in [-0.05, 0) is 62.3 Å². The van der Waals surface area contributed by atoms with Crippen LogP contribution in [0.1, 0.15) is 36.0 Å². The number of urea groups is 1. The number of carbonyl (C=O) groups excluding carboxylic acids is 2. The van der Waals surface area contributed by atoms with Gasteiger partial charge in [-0.25, -0.2) is 4.79 Å². The van der Waals surface area contributed by atoms with Crippen molar-refractivity contribution in [3.05, 3.63) is 57.0 Å². The van der Waals surface area contributed by atoms with E-state index in [1.807, 2.05) is 0 Å². The molecule has 3 N–H and O–H groups in total. The number of amides is 3. The van der Waals surface area contributed by atoms with E-state index >= 15 is 0 Å². The second kappa shape index (κ2) is 11.6. The molecule has 2 aromatic carbocycles. The van der Waals surface area contributed by atoms with E-state index in [1.165, 1.54) is 25.7 Å². The van der Waals surface area contributed by atoms with E-state index in [9.17, 15) is 9.59 Å². The van der Waals surface area contributed by atoms with Crippen molar-refractivity contribution in [1.82, 2.24) is 10.2 Å². The Kier molecular flexibility index (Phi) is 8.84. The number of halogens is 3. The fraction of sp³-hybridized carbons (Fsp3) is 0.364. The highest BCUT2D eigenvalue weighted by molar-refractivity contribution is 6.42. The number of hydrogen-bond donors (Lipinski definition) is 3. The summed E-state index contributed by atoms with van der Waals surface area (Å²) in [6.07, 6.45) is 4.99. The van der Waals surface area contributed by atoms with Crippen LogP contribution in [0.3, 0.4) is 0 Å². The van der Waals surface area contributed by atoms with Crippen molar-refractivity contribution in [3.8, 4) is 0 Å². The van der Waals surface area contributed by atoms with Crippen LogP contribution < -0.4 is 16.0 Å². The number of likely N-dealkylation sites (tertiary alicyclic amines) is 1. The number of anilines is 2. The minimum Gasteiger partial charge on any atom is -0.351 e. The highest BCUT2D eigenvalue weighted by atomic mass is 35.5. The van der Waals surface area contributed by atoms with Crippen molar-refractivity contribution in [2.75, 3.05) is 36.8 Å². The van der Waals surface area contributed by atoms with Crippen molar-refractivity contribution in [1.29, 1.82) is 0 Å². The summed E-state index contributed by atoms with van der Waals surface area (Å²) in [6, 6.07) is 9.01. The molecule has 6 nitrogen and oxygen atoms in total. The summed E-state index contributed by atoms with van der Waals surface area (Å²) in [7, 11) is 0. The Hall–Kier alpha value is -1.99. The van der Waals surface area contributed by atoms with Gasteiger partial charge in [-0.15, -0.1) is 0 Å². The Bertz CT molecular complexity index is 931. The largest absolute Gasteiger partial charge is 0.351 e. The second-order valence-electron chi connectivity index (χ2n) is 7.41. The number of nitrogens with one attached hydrogen (secondary N) is 3. The zero-order valence-corrected chi connectivity index (χ0v) is 19.3. The minimum absolute atomic E-state index is 0.209. The van der Waals surface area contributed by atoms with Crippen LogP contribution in [-0.4, -0.2) is 43.0 Å². The minimum atomic E-state index is -0.515. The van der Waals surface area contributed by atoms with E-state index in [4.69, 9.17) is 34.8 Å². The third kappa shape index (κ3) is 7.28. The van der Waals surface area contributed by atoms with Gasteiger partial charge in [0, 0.05) is 24.3 Å². The lowest BCUT2D eigenvalue weighted by molar-refractivity contribution is 0.0948. The van der Waals surface area contributed by atoms with Gasteiger partial charge in [0.1, 0.15) is 0 Å². The number of nitrogens with zero attached hydrogens (tertiary/aromatic N) is 1. The molecule has 0 saturated carbocycles. The van der Waals surface area contributed by atoms with Crippen molar-refractivity contribution >= 4 is 58.1 Å². The highest BCUT2D eigenvalue weighted by Gasteiger charge is 2.13. The average Bonchev–Trinajstić information content (AvgIpc) is 3.01. The van der Waals surface area contributed by atoms with Gasteiger partial charge in [-0.1, -0.05) is 47.6 Å². The van der Waals surface area contributed by atoms with E-state index in [0.717, 1.165) is 19.6 Å². The lowest BCUT2D eigenvalue weighted by Crippen LogP contribution is -2.35. The molecule has 0 unspecified atom stereocenters. The van der Waals surface area contributed by atoms with Gasteiger partial charge in [0.25, 0.3) is 5.91 Å². The highest BCUT2D eigenvalue weighted by Crippen LogP contribution is 2.26. The molecule has 0 radical (unpaired) electrons. The molecule has 1 aliphatic heterocycles. The smallest absolute Gasteiger partial charge is 0.323 e. The first-order valence-electron chi connectivity index (χ1n) is 10.3. The van der Waals surface area contributed by atoms with Gasteiger partial charge in [-0.3, -0.25) is 4.79 Å². The van der Waals surface area contributed by atoms with Crippen LogP contribution in [0.25, 0.3) is 0 Å². The molecule has 0 aliphatic carbocycles. The van der Waals surface area contributed by atoms with Crippen LogP contribution in [0.4, 0.5) is 16.2 Å². The molecule has 1 fully saturated rings. The predicted octanol–water partition coefficient (Wildman–Crippen LogP) is 5.90. The molecule has 0 atom stereocenters. The summed E-state index contributed by atoms with van der Waals surface area (Å²) in [5.41, 5.74) is 1.23. The zero-order valence-electron chi connectivity index (χ0n) is 17.0. The van der Waals surface area contributed by atoms with E-state index in [1.54, 1.807) is 36.4 Å². The molecular formula is C22H25Cl3N4O2. The molecule has 9 heteroatoms. The molecule has 1 heterocycles. The fourth-order valence-electron chi connectivity index (χ4n) is 3.41. The third-order valence-electron chi connectivity index (χ3n) is 5.07. The lowest BCUT2D eigenvalue weighted by Gasteiger charge is -2.19. The predicted molar refractivity (Wildman–Crippen MR) is 128 cm³/mol. The molecule has 1 aliphatic rings. The Balaban J connectivity index is 1.55. The first kappa shape index (κ1) is 23.7. The maximum Gasteiger partial charge on any atom is 0.323 e. The van der Waals surface area contributed by atoms with Gasteiger partial charge in [0.15, 0.2) is 0 Å². The van der Waals surface area contributed by atoms with E-state index in [2.05, 4.69) is 20.9 Å². The summed E-state index contributed by atoms with van der Waals surface area (Å²) in [6.45, 7) is 3.57. The van der Waals surface area contributed by atoms with Crippen molar-refractivity contribution in [2.45, 2.75) is 25.7 Å². The zero-order chi connectivity index (χ0) is 22.2. The molecule has 0 spiro atoms. The SMILES string of the molecule is O=C(Nc1ccc(Cl)c(Cl)c1)Nc1cc(C(=O)NCCN2CCCCCC2)ccc1Cl. The molecule has 0 bridgehead atoms. The summed E-state index contributed by atoms with van der Waals surface area (Å²) in [5.74, 6) is -0.209. The molecule has 166 valence electrons. The van der Waals surface area contributed by atoms with Gasteiger partial charge in [-0.2, -0.15) is 0 Å². The van der Waals surface area contributed by atoms with E-state index < -0.39 is 6.03 Å². The lowest BCUT2D eigenvalue weighted by atomic mass is 10.2. The van der Waals surface area contributed by atoms with Crippen LogP contribution in [0, 0.1) is 0 Å². The van der Waals surface area contributed by atoms with Gasteiger partial charge < -0.3 is 20.9 Å². The molecule has 0 aromatic heterocycles. The number of hydrogen-bond acceptors (Lipinski definition) is 3. The summed E-state index contributed by atoms with van der Waals surface area (Å²) >= 11 is 18.0. The molecule has 1 saturated heterocycles. The topological polar surface area (TPSA) is 73.5 Å². The second-order valence-corrected chi connectivity index (χ2v) is 8.64. The van der Waals surface area contributed by atoms with Crippen molar-refractivity contribution in [3.63, 3.8) is 0 Å². The number of benzene rings is 2. The quantitative estimate of drug-likeness (QED) is 0.479. The Morgan fingerprint density at radius 3 is 2.26 bits per heavy atom. The number of carbonyl (C=O) groups is 2. The van der Waals surface area contributed by atoms with E-state index in [0.29, 0.717) is 38.6 Å². The van der Waals surface area contributed by atoms with Crippen molar-refractivity contribution in [2.24, 2.45) is 0 Å². The van der Waals surface area contributed by atoms with Gasteiger partial charge >= 0.3 is 6.03 Å². The van der Waals surface area contributed by atoms with Crippen molar-refractivity contribution < 1.29 is 9.59 Å². The maximum atomic E-state index is 12.5. The molecule has 3 rings (SSSR count). The van der Waals surface area contributed by atoms with Crippen LogP contribution in [0.15, 0.2) is 36.4 Å². The maximum absolute atomic E-state index is 12.5. The van der Waals surface area contributed by atoms with Crippen LogP contribution in [-0.2, 0) is 0 Å². The third-order valence-corrected chi connectivity index (χ3v) is 6.14. The average molecular weight is 484 g/mol. The molecule has 31 heavy (non-hydrogen) atoms. The van der Waals surface area contributed by atoms with Crippen LogP contribution >= 0.6 is 34.8 Å². The summed E-state index contributed by atoms with van der Waals surface area (Å²) < 4.78 is 0. The molecule has 3 amide bonds. The molecular weight excluding hydrogens is 459 g/mol. The van der Waals surface area contributed by atoms with E-state index in [-0.39, 0.29) is 5.91 Å². The molecule has 2 aromatic rings. The normalized spacial score (nSPS) is 14.5. The standard InChI is InChI=1S/C22H25Cl3N4O2/c23-17-8-6-16(14-19(17)25)27-22(31)28-20-13-15(5-7-18(20)24)21(30)26-9-12-29-10-3-1-2-4-11-29/h5-8,13-14H,1-4,9-12H2,(H,26,30)(H2,27,28,31). The monoisotopic (exact) mass is 482 g/mol. The number of rotatable bonds is 6. The first-order valence-corrected chi connectivity index (χ1v) is 11.4. The van der Waals surface area contributed by atoms with Crippen LogP contribution in [0.2, 0.25) is 15.1 Å². The first-order chi connectivity index (χ1) is 14.9. The summed E-state index contributed by atoms with van der Waals surface area (Å²) in [5, 5.41) is 9.30. The van der Waals surface area contributed by atoms with Gasteiger partial charge in [0.2, 0.25) is 0 Å². The summed E-state index contributed by atoms with van der Waals surface area (Å²) in [4.78, 5) is 27.2.